The maximum absolute atomic E-state index is 10.8. The van der Waals surface area contributed by atoms with Crippen molar-refractivity contribution in [2.75, 3.05) is 13.2 Å². The van der Waals surface area contributed by atoms with Gasteiger partial charge in [-0.15, -0.1) is 0 Å². The number of aliphatic hydroxyl groups excluding tert-OH is 1. The minimum atomic E-state index is -0.521. The average Bonchev–Trinajstić information content (AvgIpc) is 3.20. The monoisotopic (exact) mass is 293 g/mol. The highest BCUT2D eigenvalue weighted by atomic mass is 16.7. The van der Waals surface area contributed by atoms with E-state index < -0.39 is 6.10 Å². The lowest BCUT2D eigenvalue weighted by atomic mass is 9.95. The second-order valence-electron chi connectivity index (χ2n) is 6.45. The molecule has 1 aromatic rings. The molecule has 116 valence electrons. The summed E-state index contributed by atoms with van der Waals surface area (Å²) in [5.41, 5.74) is 0. The first-order chi connectivity index (χ1) is 10.3. The molecule has 4 rings (SSSR count). The summed E-state index contributed by atoms with van der Waals surface area (Å²) < 4.78 is 13.5. The summed E-state index contributed by atoms with van der Waals surface area (Å²) in [6.45, 7) is 1.51. The van der Waals surface area contributed by atoms with E-state index in [1.54, 1.807) is 12.5 Å². The molecule has 21 heavy (non-hydrogen) atoms. The molecule has 3 aliphatic rings. The van der Waals surface area contributed by atoms with Crippen molar-refractivity contribution < 1.29 is 14.6 Å². The second kappa shape index (κ2) is 5.68. The molecular formula is C15H23N3O3. The van der Waals surface area contributed by atoms with E-state index in [-0.39, 0.29) is 24.5 Å². The van der Waals surface area contributed by atoms with Gasteiger partial charge < -0.3 is 24.5 Å². The summed E-state index contributed by atoms with van der Waals surface area (Å²) in [5.74, 6) is 0.740. The highest BCUT2D eigenvalue weighted by Gasteiger charge is 2.50. The molecule has 0 spiro atoms. The van der Waals surface area contributed by atoms with Crippen molar-refractivity contribution in [3.63, 3.8) is 0 Å². The van der Waals surface area contributed by atoms with Gasteiger partial charge in [0.15, 0.2) is 6.29 Å². The number of hydrogen-bond acceptors (Lipinski definition) is 5. The molecular weight excluding hydrogens is 270 g/mol. The molecule has 0 aromatic carbocycles. The Morgan fingerprint density at radius 3 is 2.95 bits per heavy atom. The van der Waals surface area contributed by atoms with Crippen molar-refractivity contribution in [3.8, 4) is 0 Å². The second-order valence-corrected chi connectivity index (χ2v) is 6.45. The van der Waals surface area contributed by atoms with E-state index in [0.29, 0.717) is 6.61 Å². The van der Waals surface area contributed by atoms with Gasteiger partial charge in [-0.3, -0.25) is 0 Å². The van der Waals surface area contributed by atoms with Crippen LogP contribution in [0.4, 0.5) is 0 Å². The lowest BCUT2D eigenvalue weighted by Crippen LogP contribution is -2.58. The number of fused-ring (bicyclic) bond motifs is 2. The van der Waals surface area contributed by atoms with Gasteiger partial charge in [-0.2, -0.15) is 0 Å². The van der Waals surface area contributed by atoms with Crippen molar-refractivity contribution in [1.29, 1.82) is 0 Å². The molecule has 2 aliphatic heterocycles. The van der Waals surface area contributed by atoms with Gasteiger partial charge in [-0.25, -0.2) is 4.98 Å². The minimum absolute atomic E-state index is 0.0498. The van der Waals surface area contributed by atoms with E-state index >= 15 is 0 Å². The van der Waals surface area contributed by atoms with E-state index in [1.165, 1.54) is 25.7 Å². The summed E-state index contributed by atoms with van der Waals surface area (Å²) in [6.07, 6.45) is 9.61. The molecule has 0 unspecified atom stereocenters. The lowest BCUT2D eigenvalue weighted by Gasteiger charge is -2.39. The average molecular weight is 293 g/mol. The molecule has 6 nitrogen and oxygen atoms in total. The van der Waals surface area contributed by atoms with E-state index in [2.05, 4.69) is 10.3 Å². The van der Waals surface area contributed by atoms with Crippen molar-refractivity contribution in [2.45, 2.75) is 56.3 Å². The molecule has 5 atom stereocenters. The SMILES string of the molecule is O[C@H]1[C@H](NCC2CCCC2)[C@H]2CO[C@H](O2)[C@@H]1n1ccnc1. The van der Waals surface area contributed by atoms with Crippen LogP contribution in [0.25, 0.3) is 0 Å². The summed E-state index contributed by atoms with van der Waals surface area (Å²) in [4.78, 5) is 4.07. The summed E-state index contributed by atoms with van der Waals surface area (Å²) >= 11 is 0. The predicted molar refractivity (Wildman–Crippen MR) is 75.6 cm³/mol. The maximum atomic E-state index is 10.8. The van der Waals surface area contributed by atoms with Crippen LogP contribution < -0.4 is 5.32 Å². The van der Waals surface area contributed by atoms with Gasteiger partial charge in [0.1, 0.15) is 12.1 Å². The lowest BCUT2D eigenvalue weighted by molar-refractivity contribution is -0.165. The minimum Gasteiger partial charge on any atom is -0.389 e. The van der Waals surface area contributed by atoms with Crippen molar-refractivity contribution in [1.82, 2.24) is 14.9 Å². The third-order valence-corrected chi connectivity index (χ3v) is 5.12. The zero-order valence-corrected chi connectivity index (χ0v) is 12.1. The quantitative estimate of drug-likeness (QED) is 0.855. The molecule has 2 saturated heterocycles. The normalized spacial score (nSPS) is 40.0. The first-order valence-corrected chi connectivity index (χ1v) is 7.99. The number of nitrogens with zero attached hydrogens (tertiary/aromatic N) is 2. The third kappa shape index (κ3) is 2.50. The van der Waals surface area contributed by atoms with Gasteiger partial charge in [-0.05, 0) is 25.3 Å². The van der Waals surface area contributed by atoms with Gasteiger partial charge in [0, 0.05) is 12.4 Å². The fourth-order valence-corrected chi connectivity index (χ4v) is 3.93. The molecule has 3 heterocycles. The number of nitrogens with one attached hydrogen (secondary N) is 1. The van der Waals surface area contributed by atoms with Gasteiger partial charge in [0.05, 0.1) is 25.1 Å². The van der Waals surface area contributed by atoms with Crippen LogP contribution in [0.3, 0.4) is 0 Å². The van der Waals surface area contributed by atoms with Crippen LogP contribution in [0.5, 0.6) is 0 Å². The maximum Gasteiger partial charge on any atom is 0.181 e. The molecule has 1 saturated carbocycles. The summed E-state index contributed by atoms with van der Waals surface area (Å²) in [7, 11) is 0. The van der Waals surface area contributed by atoms with E-state index in [9.17, 15) is 5.11 Å². The highest BCUT2D eigenvalue weighted by molar-refractivity contribution is 5.01. The van der Waals surface area contributed by atoms with Crippen molar-refractivity contribution in [2.24, 2.45) is 5.92 Å². The fraction of sp³-hybridized carbons (Fsp3) is 0.800. The number of aliphatic hydroxyl groups is 1. The van der Waals surface area contributed by atoms with Crippen molar-refractivity contribution in [3.05, 3.63) is 18.7 Å². The molecule has 2 N–H and O–H groups in total. The number of imidazole rings is 1. The Hall–Kier alpha value is -0.950. The van der Waals surface area contributed by atoms with Gasteiger partial charge in [-0.1, -0.05) is 12.8 Å². The van der Waals surface area contributed by atoms with Crippen molar-refractivity contribution >= 4 is 0 Å². The Labute approximate surface area is 124 Å². The summed E-state index contributed by atoms with van der Waals surface area (Å²) in [5, 5.41) is 14.3. The van der Waals surface area contributed by atoms with Crippen LogP contribution >= 0.6 is 0 Å². The number of rotatable bonds is 4. The van der Waals surface area contributed by atoms with E-state index in [1.807, 2.05) is 10.8 Å². The van der Waals surface area contributed by atoms with Gasteiger partial charge in [0.2, 0.25) is 0 Å². The first-order valence-electron chi connectivity index (χ1n) is 7.99. The molecule has 3 fully saturated rings. The standard InChI is InChI=1S/C15H23N3O3/c19-14-12(17-7-10-3-1-2-4-10)11-8-20-15(21-11)13(14)18-6-5-16-9-18/h5-6,9-15,17,19H,1-4,7-8H2/t11-,12-,13-,14+,15-/m1/s1. The Morgan fingerprint density at radius 2 is 2.19 bits per heavy atom. The highest BCUT2D eigenvalue weighted by Crippen LogP contribution is 2.36. The van der Waals surface area contributed by atoms with Crippen LogP contribution in [0.15, 0.2) is 18.7 Å². The molecule has 2 bridgehead atoms. The topological polar surface area (TPSA) is 68.5 Å². The molecule has 0 amide bonds. The predicted octanol–water partition coefficient (Wildman–Crippen LogP) is 0.689. The zero-order chi connectivity index (χ0) is 14.2. The first kappa shape index (κ1) is 13.7. The molecule has 1 aromatic heterocycles. The molecule has 0 radical (unpaired) electrons. The number of hydrogen-bond donors (Lipinski definition) is 2. The molecule has 6 heteroatoms. The Balaban J connectivity index is 1.47. The van der Waals surface area contributed by atoms with E-state index in [4.69, 9.17) is 9.47 Å². The number of aromatic nitrogens is 2. The Morgan fingerprint density at radius 1 is 1.33 bits per heavy atom. The largest absolute Gasteiger partial charge is 0.389 e. The smallest absolute Gasteiger partial charge is 0.181 e. The van der Waals surface area contributed by atoms with Gasteiger partial charge in [0.25, 0.3) is 0 Å². The van der Waals surface area contributed by atoms with E-state index in [0.717, 1.165) is 12.5 Å². The van der Waals surface area contributed by atoms with Crippen LogP contribution in [-0.4, -0.2) is 52.3 Å². The number of ether oxygens (including phenoxy) is 2. The third-order valence-electron chi connectivity index (χ3n) is 5.12. The van der Waals surface area contributed by atoms with Crippen LogP contribution in [0, 0.1) is 5.92 Å². The van der Waals surface area contributed by atoms with Crippen LogP contribution in [0.1, 0.15) is 31.7 Å². The Kier molecular flexibility index (Phi) is 3.71. The van der Waals surface area contributed by atoms with Crippen LogP contribution in [-0.2, 0) is 9.47 Å². The fourth-order valence-electron chi connectivity index (χ4n) is 3.93. The Bertz CT molecular complexity index is 461. The van der Waals surface area contributed by atoms with Crippen LogP contribution in [0.2, 0.25) is 0 Å². The zero-order valence-electron chi connectivity index (χ0n) is 12.1. The summed E-state index contributed by atoms with van der Waals surface area (Å²) in [6, 6.07) is -0.302. The molecule has 1 aliphatic carbocycles. The van der Waals surface area contributed by atoms with Gasteiger partial charge >= 0.3 is 0 Å².